The van der Waals surface area contributed by atoms with Gasteiger partial charge >= 0.3 is 0 Å². The first-order valence-electron chi connectivity index (χ1n) is 8.59. The van der Waals surface area contributed by atoms with Crippen molar-refractivity contribution in [2.24, 2.45) is 11.8 Å². The molecule has 1 aromatic rings. The van der Waals surface area contributed by atoms with Crippen LogP contribution >= 0.6 is 0 Å². The molecule has 0 aliphatic carbocycles. The summed E-state index contributed by atoms with van der Waals surface area (Å²) in [7, 11) is 0. The average molecular weight is 317 g/mol. The Balaban J connectivity index is 1.58. The second-order valence-electron chi connectivity index (χ2n) is 6.62. The van der Waals surface area contributed by atoms with Crippen LogP contribution in [0, 0.1) is 11.8 Å². The van der Waals surface area contributed by atoms with Crippen molar-refractivity contribution in [3.05, 3.63) is 35.4 Å². The Hall–Kier alpha value is -1.43. The highest BCUT2D eigenvalue weighted by atomic mass is 16.5. The molecule has 0 saturated carbocycles. The van der Waals surface area contributed by atoms with Gasteiger partial charge in [0.2, 0.25) is 5.91 Å². The smallest absolute Gasteiger partial charge is 0.224 e. The summed E-state index contributed by atoms with van der Waals surface area (Å²) < 4.78 is 5.41. The highest BCUT2D eigenvalue weighted by Gasteiger charge is 2.29. The van der Waals surface area contributed by atoms with E-state index in [2.05, 4.69) is 40.7 Å². The molecule has 0 unspecified atom stereocenters. The van der Waals surface area contributed by atoms with Gasteiger partial charge in [0.15, 0.2) is 0 Å². The molecule has 3 rings (SSSR count). The average Bonchev–Trinajstić information content (AvgIpc) is 3.01. The highest BCUT2D eigenvalue weighted by molar-refractivity contribution is 5.79. The van der Waals surface area contributed by atoms with Crippen LogP contribution in [0.15, 0.2) is 24.3 Å². The molecule has 1 amide bonds. The van der Waals surface area contributed by atoms with Gasteiger partial charge in [-0.25, -0.2) is 0 Å². The molecular weight excluding hydrogens is 290 g/mol. The number of benzene rings is 1. The third kappa shape index (κ3) is 4.31. The fraction of sp³-hybridized carbons (Fsp3) is 0.611. The fourth-order valence-corrected chi connectivity index (χ4v) is 3.36. The van der Waals surface area contributed by atoms with Crippen LogP contribution < -0.4 is 10.6 Å². The second-order valence-corrected chi connectivity index (χ2v) is 6.62. The SMILES string of the molecule is C[C@@H]1CNC[C@H]1C(=O)NCc1ccccc1CN1CCOCC1. The lowest BCUT2D eigenvalue weighted by molar-refractivity contribution is -0.125. The Morgan fingerprint density at radius 1 is 1.26 bits per heavy atom. The number of morpholine rings is 1. The number of hydrogen-bond acceptors (Lipinski definition) is 4. The van der Waals surface area contributed by atoms with Crippen LogP contribution in [0.25, 0.3) is 0 Å². The van der Waals surface area contributed by atoms with Crippen LogP contribution in [0.1, 0.15) is 18.1 Å². The molecule has 2 atom stereocenters. The third-order valence-corrected chi connectivity index (χ3v) is 4.92. The standard InChI is InChI=1S/C18H27N3O2/c1-14-10-19-12-17(14)18(22)20-11-15-4-2-3-5-16(15)13-21-6-8-23-9-7-21/h2-5,14,17,19H,6-13H2,1H3,(H,20,22)/t14-,17-/m1/s1. The first-order chi connectivity index (χ1) is 11.2. The predicted octanol–water partition coefficient (Wildman–Crippen LogP) is 0.991. The summed E-state index contributed by atoms with van der Waals surface area (Å²) in [5, 5.41) is 6.41. The molecule has 0 aromatic heterocycles. The summed E-state index contributed by atoms with van der Waals surface area (Å²) >= 11 is 0. The van der Waals surface area contributed by atoms with Crippen molar-refractivity contribution in [3.8, 4) is 0 Å². The summed E-state index contributed by atoms with van der Waals surface area (Å²) in [4.78, 5) is 14.8. The molecule has 2 heterocycles. The van der Waals surface area contributed by atoms with Gasteiger partial charge in [0.1, 0.15) is 0 Å². The monoisotopic (exact) mass is 317 g/mol. The molecule has 0 spiro atoms. The molecule has 0 bridgehead atoms. The van der Waals surface area contributed by atoms with E-state index in [9.17, 15) is 4.79 Å². The zero-order valence-electron chi connectivity index (χ0n) is 13.9. The van der Waals surface area contributed by atoms with Gasteiger partial charge in [-0.05, 0) is 23.6 Å². The van der Waals surface area contributed by atoms with Gasteiger partial charge in [-0.3, -0.25) is 9.69 Å². The molecule has 0 radical (unpaired) electrons. The topological polar surface area (TPSA) is 53.6 Å². The minimum Gasteiger partial charge on any atom is -0.379 e. The van der Waals surface area contributed by atoms with E-state index < -0.39 is 0 Å². The van der Waals surface area contributed by atoms with Crippen LogP contribution in [-0.2, 0) is 22.6 Å². The normalized spacial score (nSPS) is 25.4. The Labute approximate surface area is 138 Å². The number of rotatable bonds is 5. The maximum absolute atomic E-state index is 12.4. The first kappa shape index (κ1) is 16.4. The quantitative estimate of drug-likeness (QED) is 0.850. The molecule has 2 saturated heterocycles. The molecule has 126 valence electrons. The van der Waals surface area contributed by atoms with Crippen LogP contribution in [-0.4, -0.2) is 50.2 Å². The minimum absolute atomic E-state index is 0.0985. The zero-order valence-corrected chi connectivity index (χ0v) is 13.9. The van der Waals surface area contributed by atoms with Gasteiger partial charge < -0.3 is 15.4 Å². The second kappa shape index (κ2) is 7.90. The zero-order chi connectivity index (χ0) is 16.1. The number of nitrogens with one attached hydrogen (secondary N) is 2. The molecule has 1 aromatic carbocycles. The Morgan fingerprint density at radius 3 is 2.70 bits per heavy atom. The maximum atomic E-state index is 12.4. The predicted molar refractivity (Wildman–Crippen MR) is 89.9 cm³/mol. The maximum Gasteiger partial charge on any atom is 0.224 e. The van der Waals surface area contributed by atoms with Crippen LogP contribution in [0.4, 0.5) is 0 Å². The number of hydrogen-bond donors (Lipinski definition) is 2. The van der Waals surface area contributed by atoms with E-state index in [0.717, 1.165) is 45.9 Å². The molecule has 2 fully saturated rings. The number of ether oxygens (including phenoxy) is 1. The Bertz CT molecular complexity index is 529. The van der Waals surface area contributed by atoms with Gasteiger partial charge in [-0.2, -0.15) is 0 Å². The molecule has 5 heteroatoms. The molecule has 2 aliphatic rings. The first-order valence-corrected chi connectivity index (χ1v) is 8.59. The van der Waals surface area contributed by atoms with Crippen LogP contribution in [0.2, 0.25) is 0 Å². The van der Waals surface area contributed by atoms with Crippen molar-refractivity contribution in [2.45, 2.75) is 20.0 Å². The van der Waals surface area contributed by atoms with E-state index in [-0.39, 0.29) is 11.8 Å². The fourth-order valence-electron chi connectivity index (χ4n) is 3.36. The molecule has 2 N–H and O–H groups in total. The van der Waals surface area contributed by atoms with Gasteiger partial charge in [-0.1, -0.05) is 31.2 Å². The van der Waals surface area contributed by atoms with E-state index in [1.807, 2.05) is 6.07 Å². The van der Waals surface area contributed by atoms with Gasteiger partial charge in [0.05, 0.1) is 19.1 Å². The summed E-state index contributed by atoms with van der Waals surface area (Å²) in [6.07, 6.45) is 0. The van der Waals surface area contributed by atoms with Crippen molar-refractivity contribution < 1.29 is 9.53 Å². The molecule has 2 aliphatic heterocycles. The lowest BCUT2D eigenvalue weighted by Crippen LogP contribution is -2.36. The van der Waals surface area contributed by atoms with Gasteiger partial charge in [0.25, 0.3) is 0 Å². The highest BCUT2D eigenvalue weighted by Crippen LogP contribution is 2.17. The van der Waals surface area contributed by atoms with E-state index in [4.69, 9.17) is 4.74 Å². The molecule has 5 nitrogen and oxygen atoms in total. The summed E-state index contributed by atoms with van der Waals surface area (Å²) in [5.74, 6) is 0.684. The van der Waals surface area contributed by atoms with Gasteiger partial charge in [0, 0.05) is 32.7 Å². The van der Waals surface area contributed by atoms with Crippen molar-refractivity contribution >= 4 is 5.91 Å². The molecule has 23 heavy (non-hydrogen) atoms. The number of carbonyl (C=O) groups is 1. The third-order valence-electron chi connectivity index (χ3n) is 4.92. The number of amides is 1. The van der Waals surface area contributed by atoms with E-state index in [0.29, 0.717) is 12.5 Å². The van der Waals surface area contributed by atoms with Gasteiger partial charge in [-0.15, -0.1) is 0 Å². The number of nitrogens with zero attached hydrogens (tertiary/aromatic N) is 1. The van der Waals surface area contributed by atoms with Crippen molar-refractivity contribution in [2.75, 3.05) is 39.4 Å². The Kier molecular flexibility index (Phi) is 5.65. The largest absolute Gasteiger partial charge is 0.379 e. The summed E-state index contributed by atoms with van der Waals surface area (Å²) in [5.41, 5.74) is 2.51. The van der Waals surface area contributed by atoms with E-state index >= 15 is 0 Å². The Morgan fingerprint density at radius 2 is 2.00 bits per heavy atom. The minimum atomic E-state index is 0.0985. The summed E-state index contributed by atoms with van der Waals surface area (Å²) in [6, 6.07) is 8.40. The van der Waals surface area contributed by atoms with E-state index in [1.165, 1.54) is 11.1 Å². The lowest BCUT2D eigenvalue weighted by atomic mass is 9.97. The van der Waals surface area contributed by atoms with E-state index in [1.54, 1.807) is 0 Å². The van der Waals surface area contributed by atoms with Crippen molar-refractivity contribution in [1.82, 2.24) is 15.5 Å². The van der Waals surface area contributed by atoms with Crippen molar-refractivity contribution in [3.63, 3.8) is 0 Å². The van der Waals surface area contributed by atoms with Crippen LogP contribution in [0.3, 0.4) is 0 Å². The number of carbonyl (C=O) groups excluding carboxylic acids is 1. The lowest BCUT2D eigenvalue weighted by Gasteiger charge is -2.27. The molecular formula is C18H27N3O2. The summed E-state index contributed by atoms with van der Waals surface area (Å²) in [6.45, 7) is 8.99. The van der Waals surface area contributed by atoms with Crippen molar-refractivity contribution in [1.29, 1.82) is 0 Å². The van der Waals surface area contributed by atoms with Crippen LogP contribution in [0.5, 0.6) is 0 Å².